The van der Waals surface area contributed by atoms with Crippen molar-refractivity contribution in [2.75, 3.05) is 26.8 Å². The Morgan fingerprint density at radius 3 is 2.05 bits per heavy atom. The molecule has 1 rings (SSSR count). The number of ether oxygens (including phenoxy) is 1. The number of aryl methyl sites for hydroxylation is 2. The Labute approximate surface area is 131 Å². The summed E-state index contributed by atoms with van der Waals surface area (Å²) in [6, 6.07) is 7.04. The van der Waals surface area contributed by atoms with E-state index in [0.717, 1.165) is 19.7 Å². The first-order chi connectivity index (χ1) is 10.1. The van der Waals surface area contributed by atoms with E-state index >= 15 is 0 Å². The quantitative estimate of drug-likeness (QED) is 0.646. The molecule has 0 fully saturated rings. The molecule has 0 aliphatic carbocycles. The van der Waals surface area contributed by atoms with Crippen molar-refractivity contribution in [2.45, 2.75) is 58.8 Å². The molecule has 1 aromatic rings. The average molecular weight is 291 g/mol. The van der Waals surface area contributed by atoms with E-state index < -0.39 is 0 Å². The van der Waals surface area contributed by atoms with Gasteiger partial charge < -0.3 is 10.1 Å². The van der Waals surface area contributed by atoms with Crippen LogP contribution in [0, 0.1) is 13.8 Å². The molecule has 1 aromatic carbocycles. The number of nitrogens with one attached hydrogen (secondary N) is 1. The lowest BCUT2D eigenvalue weighted by molar-refractivity contribution is 0.194. The Hall–Kier alpha value is -0.860. The minimum atomic E-state index is 0.258. The van der Waals surface area contributed by atoms with Crippen LogP contribution < -0.4 is 5.32 Å². The summed E-state index contributed by atoms with van der Waals surface area (Å²) in [5.74, 6) is 0. The first kappa shape index (κ1) is 18.2. The number of methoxy groups -OCH3 is 1. The van der Waals surface area contributed by atoms with Crippen molar-refractivity contribution < 1.29 is 4.74 Å². The highest BCUT2D eigenvalue weighted by Gasteiger charge is 2.30. The summed E-state index contributed by atoms with van der Waals surface area (Å²) < 4.78 is 5.16. The topological polar surface area (TPSA) is 21.3 Å². The predicted octanol–water partition coefficient (Wildman–Crippen LogP) is 4.38. The molecule has 0 aliphatic heterocycles. The maximum Gasteiger partial charge on any atom is 0.0587 e. The third-order valence-corrected chi connectivity index (χ3v) is 4.24. The van der Waals surface area contributed by atoms with Crippen LogP contribution in [0.4, 0.5) is 0 Å². The lowest BCUT2D eigenvalue weighted by Gasteiger charge is -2.35. The van der Waals surface area contributed by atoms with Gasteiger partial charge in [-0.15, -0.1) is 0 Å². The van der Waals surface area contributed by atoms with E-state index in [-0.39, 0.29) is 5.41 Å². The molecule has 0 saturated heterocycles. The molecule has 120 valence electrons. The van der Waals surface area contributed by atoms with Crippen LogP contribution in [-0.2, 0) is 10.2 Å². The van der Waals surface area contributed by atoms with Crippen molar-refractivity contribution in [3.63, 3.8) is 0 Å². The van der Waals surface area contributed by atoms with E-state index in [2.05, 4.69) is 51.2 Å². The van der Waals surface area contributed by atoms with E-state index in [1.807, 2.05) is 0 Å². The van der Waals surface area contributed by atoms with Crippen LogP contribution in [-0.4, -0.2) is 26.8 Å². The number of benzene rings is 1. The second kappa shape index (κ2) is 9.22. The Bertz CT molecular complexity index is 388. The molecule has 0 radical (unpaired) electrons. The van der Waals surface area contributed by atoms with Gasteiger partial charge in [0.2, 0.25) is 0 Å². The Morgan fingerprint density at radius 2 is 1.57 bits per heavy atom. The SMILES string of the molecule is CCCC(CCC)(CNCCOC)c1cc(C)cc(C)c1. The highest BCUT2D eigenvalue weighted by Crippen LogP contribution is 2.35. The molecule has 1 N–H and O–H groups in total. The van der Waals surface area contributed by atoms with Gasteiger partial charge in [-0.25, -0.2) is 0 Å². The van der Waals surface area contributed by atoms with Crippen molar-refractivity contribution in [1.82, 2.24) is 5.32 Å². The largest absolute Gasteiger partial charge is 0.383 e. The molecule has 0 unspecified atom stereocenters. The van der Waals surface area contributed by atoms with Gasteiger partial charge in [0.15, 0.2) is 0 Å². The summed E-state index contributed by atoms with van der Waals surface area (Å²) in [5.41, 5.74) is 4.51. The summed E-state index contributed by atoms with van der Waals surface area (Å²) in [6.45, 7) is 11.7. The maximum atomic E-state index is 5.16. The van der Waals surface area contributed by atoms with Crippen LogP contribution in [0.1, 0.15) is 56.2 Å². The number of hydrogen-bond acceptors (Lipinski definition) is 2. The molecule has 0 heterocycles. The van der Waals surface area contributed by atoms with Gasteiger partial charge in [-0.05, 0) is 32.3 Å². The molecular formula is C19H33NO. The van der Waals surface area contributed by atoms with E-state index in [1.54, 1.807) is 7.11 Å². The summed E-state index contributed by atoms with van der Waals surface area (Å²) in [6.07, 6.45) is 4.92. The van der Waals surface area contributed by atoms with Crippen LogP contribution in [0.25, 0.3) is 0 Å². The third kappa shape index (κ3) is 5.44. The third-order valence-electron chi connectivity index (χ3n) is 4.24. The molecule has 21 heavy (non-hydrogen) atoms. The lowest BCUT2D eigenvalue weighted by atomic mass is 9.72. The number of hydrogen-bond donors (Lipinski definition) is 1. The monoisotopic (exact) mass is 291 g/mol. The van der Waals surface area contributed by atoms with Crippen molar-refractivity contribution in [1.29, 1.82) is 0 Å². The van der Waals surface area contributed by atoms with Gasteiger partial charge in [0.1, 0.15) is 0 Å². The van der Waals surface area contributed by atoms with E-state index in [4.69, 9.17) is 4.74 Å². The fourth-order valence-electron chi connectivity index (χ4n) is 3.43. The first-order valence-corrected chi connectivity index (χ1v) is 8.36. The van der Waals surface area contributed by atoms with Crippen LogP contribution in [0.15, 0.2) is 18.2 Å². The fraction of sp³-hybridized carbons (Fsp3) is 0.684. The van der Waals surface area contributed by atoms with Gasteiger partial charge >= 0.3 is 0 Å². The zero-order valence-corrected chi connectivity index (χ0v) is 14.6. The normalized spacial score (nSPS) is 11.9. The second-order valence-electron chi connectivity index (χ2n) is 6.33. The smallest absolute Gasteiger partial charge is 0.0587 e. The molecular weight excluding hydrogens is 258 g/mol. The molecule has 2 nitrogen and oxygen atoms in total. The summed E-state index contributed by atoms with van der Waals surface area (Å²) in [5, 5.41) is 3.61. The van der Waals surface area contributed by atoms with E-state index in [1.165, 1.54) is 42.4 Å². The lowest BCUT2D eigenvalue weighted by Crippen LogP contribution is -2.39. The standard InChI is InChI=1S/C19H33NO/c1-6-8-19(9-7-2,15-20-10-11-21-5)18-13-16(3)12-17(4)14-18/h12-14,20H,6-11,15H2,1-5H3. The van der Waals surface area contributed by atoms with Crippen molar-refractivity contribution in [2.24, 2.45) is 0 Å². The van der Waals surface area contributed by atoms with E-state index in [9.17, 15) is 0 Å². The molecule has 0 saturated carbocycles. The molecule has 0 aliphatic rings. The van der Waals surface area contributed by atoms with Crippen LogP contribution >= 0.6 is 0 Å². The van der Waals surface area contributed by atoms with Crippen LogP contribution in [0.3, 0.4) is 0 Å². The molecule has 0 aromatic heterocycles. The zero-order chi connectivity index (χ0) is 15.7. The van der Waals surface area contributed by atoms with Gasteiger partial charge in [0, 0.05) is 25.6 Å². The highest BCUT2D eigenvalue weighted by atomic mass is 16.5. The molecule has 0 bridgehead atoms. The first-order valence-electron chi connectivity index (χ1n) is 8.36. The van der Waals surface area contributed by atoms with Crippen molar-refractivity contribution >= 4 is 0 Å². The summed E-state index contributed by atoms with van der Waals surface area (Å²) in [4.78, 5) is 0. The van der Waals surface area contributed by atoms with Gasteiger partial charge in [0.05, 0.1) is 6.61 Å². The molecule has 0 atom stereocenters. The molecule has 0 spiro atoms. The Morgan fingerprint density at radius 1 is 1.00 bits per heavy atom. The zero-order valence-electron chi connectivity index (χ0n) is 14.6. The fourth-order valence-corrected chi connectivity index (χ4v) is 3.43. The van der Waals surface area contributed by atoms with E-state index in [0.29, 0.717) is 0 Å². The summed E-state index contributed by atoms with van der Waals surface area (Å²) in [7, 11) is 1.76. The Kier molecular flexibility index (Phi) is 7.98. The highest BCUT2D eigenvalue weighted by molar-refractivity contribution is 5.34. The predicted molar refractivity (Wildman–Crippen MR) is 92.2 cm³/mol. The summed E-state index contributed by atoms with van der Waals surface area (Å²) >= 11 is 0. The van der Waals surface area contributed by atoms with Crippen LogP contribution in [0.2, 0.25) is 0 Å². The minimum Gasteiger partial charge on any atom is -0.383 e. The van der Waals surface area contributed by atoms with Crippen molar-refractivity contribution in [3.8, 4) is 0 Å². The minimum absolute atomic E-state index is 0.258. The Balaban J connectivity index is 3.02. The number of rotatable bonds is 10. The maximum absolute atomic E-state index is 5.16. The second-order valence-corrected chi connectivity index (χ2v) is 6.33. The van der Waals surface area contributed by atoms with Gasteiger partial charge in [-0.2, -0.15) is 0 Å². The molecule has 2 heteroatoms. The molecule has 0 amide bonds. The van der Waals surface area contributed by atoms with Gasteiger partial charge in [0.25, 0.3) is 0 Å². The average Bonchev–Trinajstić information content (AvgIpc) is 2.43. The van der Waals surface area contributed by atoms with Crippen molar-refractivity contribution in [3.05, 3.63) is 34.9 Å². The van der Waals surface area contributed by atoms with Crippen LogP contribution in [0.5, 0.6) is 0 Å². The van der Waals surface area contributed by atoms with Gasteiger partial charge in [-0.3, -0.25) is 0 Å². The van der Waals surface area contributed by atoms with Gasteiger partial charge in [-0.1, -0.05) is 56.0 Å².